The molecule has 3 unspecified atom stereocenters. The Morgan fingerprint density at radius 1 is 1.26 bits per heavy atom. The first-order chi connectivity index (χ1) is 15.8. The van der Waals surface area contributed by atoms with Gasteiger partial charge in [-0.05, 0) is 67.7 Å². The van der Waals surface area contributed by atoms with Crippen molar-refractivity contribution in [1.29, 1.82) is 0 Å². The van der Waals surface area contributed by atoms with Gasteiger partial charge in [0.05, 0.1) is 17.2 Å². The second kappa shape index (κ2) is 8.49. The lowest BCUT2D eigenvalue weighted by Crippen LogP contribution is -2.41. The van der Waals surface area contributed by atoms with Crippen LogP contribution in [0, 0.1) is 0 Å². The Bertz CT molecular complexity index is 973. The molecule has 0 saturated carbocycles. The number of hydrogen-bond donors (Lipinski definition) is 1. The number of fused-ring (bicyclic) bond motifs is 1. The van der Waals surface area contributed by atoms with Crippen molar-refractivity contribution in [2.24, 2.45) is 0 Å². The van der Waals surface area contributed by atoms with Crippen molar-refractivity contribution in [2.45, 2.75) is 106 Å². The number of nitrogens with one attached hydrogen (secondary N) is 1. The van der Waals surface area contributed by atoms with E-state index in [1.165, 1.54) is 4.80 Å². The standard InChI is InChI=1S/C24H36BN3O4S2/c1-22(2,3)30-21(29)28-10-8-9-15(28)20-26-13-14(27-20)16-11-17-18(33-16)12-19(34-17)25-31-23(4,5)24(6,7)32-25/h12-13,15-18H,8-11H2,1-7H3,(H,26,27)/t15-,16?,17?,18?/m0/s1. The second-order valence-corrected chi connectivity index (χ2v) is 14.4. The van der Waals surface area contributed by atoms with Crippen molar-refractivity contribution in [2.75, 3.05) is 6.54 Å². The lowest BCUT2D eigenvalue weighted by atomic mass is 9.89. The molecule has 0 aromatic carbocycles. The Morgan fingerprint density at radius 2 is 1.97 bits per heavy atom. The maximum atomic E-state index is 12.7. The lowest BCUT2D eigenvalue weighted by Gasteiger charge is -2.32. The molecule has 5 rings (SSSR count). The normalized spacial score (nSPS) is 32.3. The molecular formula is C24H36BN3O4S2. The van der Waals surface area contributed by atoms with E-state index in [0.29, 0.717) is 22.3 Å². The van der Waals surface area contributed by atoms with Crippen molar-refractivity contribution < 1.29 is 18.8 Å². The summed E-state index contributed by atoms with van der Waals surface area (Å²) in [4.78, 5) is 24.0. The molecule has 186 valence electrons. The van der Waals surface area contributed by atoms with Crippen molar-refractivity contribution in [1.82, 2.24) is 14.9 Å². The highest BCUT2D eigenvalue weighted by Gasteiger charge is 2.55. The molecule has 1 amide bonds. The van der Waals surface area contributed by atoms with Crippen LogP contribution in [-0.4, -0.2) is 61.9 Å². The molecule has 3 saturated heterocycles. The van der Waals surface area contributed by atoms with Crippen LogP contribution in [0.1, 0.15) is 90.5 Å². The van der Waals surface area contributed by atoms with E-state index in [0.717, 1.165) is 30.8 Å². The van der Waals surface area contributed by atoms with Gasteiger partial charge in [-0.25, -0.2) is 9.78 Å². The molecule has 4 atom stereocenters. The number of H-pyrrole nitrogens is 1. The molecule has 7 nitrogen and oxygen atoms in total. The number of likely N-dealkylation sites (tertiary alicyclic amines) is 1. The minimum Gasteiger partial charge on any atom is -0.444 e. The van der Waals surface area contributed by atoms with Crippen LogP contribution in [0.2, 0.25) is 0 Å². The third-order valence-electron chi connectivity index (χ3n) is 7.39. The Labute approximate surface area is 211 Å². The molecule has 1 aromatic heterocycles. The number of hydrogen-bond acceptors (Lipinski definition) is 7. The van der Waals surface area contributed by atoms with E-state index in [1.807, 2.05) is 55.4 Å². The fraction of sp³-hybridized carbons (Fsp3) is 0.750. The van der Waals surface area contributed by atoms with E-state index in [4.69, 9.17) is 19.0 Å². The van der Waals surface area contributed by atoms with Crippen molar-refractivity contribution in [3.05, 3.63) is 28.6 Å². The highest BCUT2D eigenvalue weighted by Crippen LogP contribution is 2.56. The fourth-order valence-electron chi connectivity index (χ4n) is 4.88. The van der Waals surface area contributed by atoms with Crippen LogP contribution < -0.4 is 0 Å². The molecule has 1 N–H and O–H groups in total. The first kappa shape index (κ1) is 24.6. The zero-order valence-electron chi connectivity index (χ0n) is 21.2. The summed E-state index contributed by atoms with van der Waals surface area (Å²) < 4.78 is 18.2. The van der Waals surface area contributed by atoms with Crippen LogP contribution in [0.3, 0.4) is 0 Å². The molecule has 0 aliphatic carbocycles. The van der Waals surface area contributed by atoms with Crippen molar-refractivity contribution in [3.8, 4) is 0 Å². The van der Waals surface area contributed by atoms with E-state index >= 15 is 0 Å². The highest BCUT2D eigenvalue weighted by atomic mass is 32.2. The van der Waals surface area contributed by atoms with E-state index in [9.17, 15) is 4.79 Å². The third kappa shape index (κ3) is 4.55. The smallest absolute Gasteiger partial charge is 0.444 e. The Kier molecular flexibility index (Phi) is 6.14. The van der Waals surface area contributed by atoms with Gasteiger partial charge in [0.2, 0.25) is 0 Å². The van der Waals surface area contributed by atoms with Gasteiger partial charge in [-0.15, -0.1) is 23.5 Å². The Hall–Kier alpha value is -1.10. The summed E-state index contributed by atoms with van der Waals surface area (Å²) in [6.07, 6.45) is 7.00. The highest BCUT2D eigenvalue weighted by molar-refractivity contribution is 8.08. The maximum Gasteiger partial charge on any atom is 0.501 e. The number of imidazole rings is 1. The molecule has 4 aliphatic heterocycles. The van der Waals surface area contributed by atoms with Crippen LogP contribution in [0.15, 0.2) is 17.1 Å². The van der Waals surface area contributed by atoms with Crippen molar-refractivity contribution in [3.63, 3.8) is 0 Å². The average Bonchev–Trinajstić information content (AvgIpc) is 3.47. The summed E-state index contributed by atoms with van der Waals surface area (Å²) in [5, 5.41) is 1.33. The second-order valence-electron chi connectivity index (χ2n) is 11.7. The van der Waals surface area contributed by atoms with Gasteiger partial charge in [-0.1, -0.05) is 6.08 Å². The van der Waals surface area contributed by atoms with Crippen LogP contribution in [0.5, 0.6) is 0 Å². The van der Waals surface area contributed by atoms with Gasteiger partial charge in [0.25, 0.3) is 0 Å². The molecule has 4 aliphatic rings. The summed E-state index contributed by atoms with van der Waals surface area (Å²) in [6.45, 7) is 14.8. The Balaban J connectivity index is 1.23. The molecule has 0 radical (unpaired) electrons. The SMILES string of the molecule is CC(C)(C)OC(=O)N1CCC[C@H]1c1ncc(C2CC3SC(B4OC(C)(C)C(C)(C)O4)=CC3S2)[nH]1. The lowest BCUT2D eigenvalue weighted by molar-refractivity contribution is 0.00578. The number of thioether (sulfide) groups is 2. The van der Waals surface area contributed by atoms with Crippen LogP contribution in [-0.2, 0) is 14.0 Å². The van der Waals surface area contributed by atoms with Gasteiger partial charge < -0.3 is 19.0 Å². The summed E-state index contributed by atoms with van der Waals surface area (Å²) in [5.41, 5.74) is 0.0240. The number of rotatable bonds is 3. The van der Waals surface area contributed by atoms with E-state index in [2.05, 4.69) is 38.8 Å². The monoisotopic (exact) mass is 505 g/mol. The van der Waals surface area contributed by atoms with Gasteiger partial charge in [0, 0.05) is 39.0 Å². The van der Waals surface area contributed by atoms with Gasteiger partial charge in [-0.2, -0.15) is 0 Å². The third-order valence-corrected chi connectivity index (χ3v) is 10.5. The number of ether oxygens (including phenoxy) is 1. The number of aromatic nitrogens is 2. The molecule has 34 heavy (non-hydrogen) atoms. The predicted molar refractivity (Wildman–Crippen MR) is 138 cm³/mol. The van der Waals surface area contributed by atoms with Crippen molar-refractivity contribution >= 4 is 36.7 Å². The summed E-state index contributed by atoms with van der Waals surface area (Å²) in [6, 6.07) is -0.0428. The first-order valence-electron chi connectivity index (χ1n) is 12.3. The van der Waals surface area contributed by atoms with Gasteiger partial charge in [0.1, 0.15) is 11.4 Å². The average molecular weight is 506 g/mol. The molecule has 3 fully saturated rings. The van der Waals surface area contributed by atoms with Gasteiger partial charge in [-0.3, -0.25) is 4.90 Å². The molecule has 0 spiro atoms. The number of aromatic amines is 1. The van der Waals surface area contributed by atoms with Crippen LogP contribution >= 0.6 is 23.5 Å². The summed E-state index contributed by atoms with van der Waals surface area (Å²) >= 11 is 3.89. The minimum absolute atomic E-state index is 0.0428. The number of carbonyl (C=O) groups excluding carboxylic acids is 1. The van der Waals surface area contributed by atoms with Gasteiger partial charge in [0.15, 0.2) is 0 Å². The van der Waals surface area contributed by atoms with E-state index < -0.39 is 5.60 Å². The summed E-state index contributed by atoms with van der Waals surface area (Å²) in [5.74, 6) is 0.872. The molecule has 0 bridgehead atoms. The van der Waals surface area contributed by atoms with Crippen LogP contribution in [0.25, 0.3) is 0 Å². The predicted octanol–water partition coefficient (Wildman–Crippen LogP) is 5.66. The quantitative estimate of drug-likeness (QED) is 0.532. The Morgan fingerprint density at radius 3 is 2.62 bits per heavy atom. The largest absolute Gasteiger partial charge is 0.501 e. The van der Waals surface area contributed by atoms with Crippen LogP contribution in [0.4, 0.5) is 4.79 Å². The minimum atomic E-state index is -0.499. The molecule has 1 aromatic rings. The molecule has 5 heterocycles. The van der Waals surface area contributed by atoms with E-state index in [-0.39, 0.29) is 30.5 Å². The topological polar surface area (TPSA) is 76.7 Å². The summed E-state index contributed by atoms with van der Waals surface area (Å²) in [7, 11) is -0.264. The number of nitrogens with zero attached hydrogens (tertiary/aromatic N) is 2. The zero-order chi connectivity index (χ0) is 24.5. The van der Waals surface area contributed by atoms with E-state index in [1.54, 1.807) is 0 Å². The molecule has 10 heteroatoms. The number of carbonyl (C=O) groups is 1. The maximum absolute atomic E-state index is 12.7. The van der Waals surface area contributed by atoms with Gasteiger partial charge >= 0.3 is 13.2 Å². The fourth-order valence-corrected chi connectivity index (χ4v) is 8.21. The zero-order valence-corrected chi connectivity index (χ0v) is 22.8. The number of amides is 1. The molecular weight excluding hydrogens is 469 g/mol. The first-order valence-corrected chi connectivity index (χ1v) is 14.1.